The Hall–Kier alpha value is -3.23. The smallest absolute Gasteiger partial charge is 0.362 e. The Morgan fingerprint density at radius 3 is 1.22 bits per heavy atom. The van der Waals surface area contributed by atoms with E-state index in [0.29, 0.717) is 19.3 Å². The maximum absolute atomic E-state index is 12.8. The number of carbonyl (C=O) groups excluding carboxylic acids is 2. The minimum Gasteiger partial charge on any atom is -0.477 e. The van der Waals surface area contributed by atoms with Crippen molar-refractivity contribution in [3.63, 3.8) is 0 Å². The van der Waals surface area contributed by atoms with Crippen LogP contribution in [0.5, 0.6) is 0 Å². The van der Waals surface area contributed by atoms with Crippen molar-refractivity contribution < 1.29 is 38.2 Å². The van der Waals surface area contributed by atoms with Crippen molar-refractivity contribution in [1.29, 1.82) is 0 Å². The Labute approximate surface area is 419 Å². The number of hydrogen-bond acceptors (Lipinski definition) is 6. The van der Waals surface area contributed by atoms with Gasteiger partial charge in [0.25, 0.3) is 0 Å². The monoisotopic (exact) mass is 953 g/mol. The summed E-state index contributed by atoms with van der Waals surface area (Å²) in [6.07, 6.45) is 65.3. The molecule has 2 atom stereocenters. The SMILES string of the molecule is CC/C=C/C/C=C/C/C=C/C/C=C/C/C=C/C/C=C/CCCCCC(=O)OCC(COCCC(C(=O)O)[N+](C)(C)C)OC(=O)CCCCCCCCCCCCCCCCCCCCCCCC. The van der Waals surface area contributed by atoms with E-state index in [4.69, 9.17) is 14.2 Å². The molecule has 0 rings (SSSR count). The van der Waals surface area contributed by atoms with Gasteiger partial charge in [0.2, 0.25) is 0 Å². The van der Waals surface area contributed by atoms with Crippen LogP contribution in [0.4, 0.5) is 0 Å². The van der Waals surface area contributed by atoms with E-state index in [-0.39, 0.29) is 36.2 Å². The molecule has 8 heteroatoms. The normalized spacial score (nSPS) is 13.4. The van der Waals surface area contributed by atoms with E-state index >= 15 is 0 Å². The lowest BCUT2D eigenvalue weighted by atomic mass is 10.0. The second kappa shape index (κ2) is 50.2. The van der Waals surface area contributed by atoms with Crippen LogP contribution in [-0.2, 0) is 28.6 Å². The number of esters is 2. The molecule has 1 N–H and O–H groups in total. The quantitative estimate of drug-likeness (QED) is 0.0281. The molecule has 68 heavy (non-hydrogen) atoms. The molecule has 0 bridgehead atoms. The summed E-state index contributed by atoms with van der Waals surface area (Å²) in [5, 5.41) is 9.67. The largest absolute Gasteiger partial charge is 0.477 e. The molecule has 8 nitrogen and oxygen atoms in total. The molecule has 0 aliphatic carbocycles. The first-order valence-corrected chi connectivity index (χ1v) is 28.0. The molecule has 0 radical (unpaired) electrons. The van der Waals surface area contributed by atoms with E-state index in [1.807, 2.05) is 21.1 Å². The number of carboxylic acid groups (broad SMARTS) is 1. The summed E-state index contributed by atoms with van der Waals surface area (Å²) < 4.78 is 17.4. The van der Waals surface area contributed by atoms with Crippen molar-refractivity contribution in [2.24, 2.45) is 0 Å². The van der Waals surface area contributed by atoms with Crippen LogP contribution in [0.15, 0.2) is 72.9 Å². The number of aliphatic carboxylic acids is 1. The molecule has 0 amide bonds. The molecular formula is C60H106NO7+. The molecule has 0 saturated carbocycles. The van der Waals surface area contributed by atoms with Crippen molar-refractivity contribution in [2.45, 2.75) is 251 Å². The highest BCUT2D eigenvalue weighted by molar-refractivity contribution is 5.72. The standard InChI is InChI=1S/C60H105NO7/c1-6-8-10-12-14-16-18-20-22-24-26-28-30-32-34-36-38-40-42-44-46-48-50-58(62)67-55-56(54-66-53-52-57(60(64)65)61(3,4)5)68-59(63)51-49-47-45-43-41-39-37-35-33-31-29-27-25-23-21-19-17-15-13-11-9-7-2/h8,10,14,16,20,22,26,28,32,34,38,40,56-57H,6-7,9,11-13,15,17-19,21,23-25,27,29-31,33,35-37,39,41-55H2,1-5H3/p+1/b10-8+,16-14+,22-20+,28-26+,34-32+,40-38+. The van der Waals surface area contributed by atoms with Gasteiger partial charge in [-0.2, -0.15) is 0 Å². The van der Waals surface area contributed by atoms with Gasteiger partial charge in [-0.25, -0.2) is 4.79 Å². The molecule has 0 aromatic carbocycles. The Morgan fingerprint density at radius 2 is 0.824 bits per heavy atom. The van der Waals surface area contributed by atoms with Crippen LogP contribution in [0, 0.1) is 0 Å². The van der Waals surface area contributed by atoms with Crippen molar-refractivity contribution >= 4 is 17.9 Å². The van der Waals surface area contributed by atoms with Gasteiger partial charge in [0.15, 0.2) is 12.1 Å². The van der Waals surface area contributed by atoms with Crippen molar-refractivity contribution in [2.75, 3.05) is 41.0 Å². The molecule has 0 heterocycles. The average Bonchev–Trinajstić information content (AvgIpc) is 3.30. The molecule has 2 unspecified atom stereocenters. The number of quaternary nitrogens is 1. The first-order chi connectivity index (χ1) is 33.1. The van der Waals surface area contributed by atoms with Crippen LogP contribution in [0.2, 0.25) is 0 Å². The Kier molecular flexibility index (Phi) is 47.8. The Bertz CT molecular complexity index is 1340. The van der Waals surface area contributed by atoms with Crippen molar-refractivity contribution in [3.8, 4) is 0 Å². The van der Waals surface area contributed by atoms with Crippen molar-refractivity contribution in [3.05, 3.63) is 72.9 Å². The van der Waals surface area contributed by atoms with Crippen LogP contribution in [0.3, 0.4) is 0 Å². The summed E-state index contributed by atoms with van der Waals surface area (Å²) >= 11 is 0. The first kappa shape index (κ1) is 64.8. The molecule has 392 valence electrons. The number of carboxylic acids is 1. The molecule has 0 aromatic rings. The van der Waals surface area contributed by atoms with E-state index in [1.54, 1.807) is 0 Å². The number of unbranched alkanes of at least 4 members (excludes halogenated alkanes) is 24. The van der Waals surface area contributed by atoms with Gasteiger partial charge >= 0.3 is 17.9 Å². The molecule has 0 fully saturated rings. The maximum Gasteiger partial charge on any atom is 0.362 e. The number of ether oxygens (including phenoxy) is 3. The van der Waals surface area contributed by atoms with Gasteiger partial charge in [-0.15, -0.1) is 0 Å². The lowest BCUT2D eigenvalue weighted by molar-refractivity contribution is -0.887. The van der Waals surface area contributed by atoms with Crippen LogP contribution in [0.1, 0.15) is 239 Å². The second-order valence-electron chi connectivity index (χ2n) is 19.8. The van der Waals surface area contributed by atoms with E-state index in [9.17, 15) is 19.5 Å². The number of likely N-dealkylation sites (N-methyl/N-ethyl adjacent to an activating group) is 1. The zero-order valence-electron chi connectivity index (χ0n) is 44.8. The van der Waals surface area contributed by atoms with Gasteiger partial charge in [0, 0.05) is 19.3 Å². The predicted octanol–water partition coefficient (Wildman–Crippen LogP) is 16.6. The number of nitrogens with zero attached hydrogens (tertiary/aromatic N) is 1. The van der Waals surface area contributed by atoms with Gasteiger partial charge in [-0.05, 0) is 64.2 Å². The number of rotatable bonds is 50. The van der Waals surface area contributed by atoms with E-state index in [0.717, 1.165) is 83.5 Å². The van der Waals surface area contributed by atoms with Crippen LogP contribution in [-0.4, -0.2) is 80.6 Å². The fourth-order valence-electron chi connectivity index (χ4n) is 8.10. The predicted molar refractivity (Wildman–Crippen MR) is 289 cm³/mol. The van der Waals surface area contributed by atoms with Crippen LogP contribution < -0.4 is 0 Å². The summed E-state index contributed by atoms with van der Waals surface area (Å²) in [4.78, 5) is 37.3. The van der Waals surface area contributed by atoms with E-state index in [1.165, 1.54) is 122 Å². The Morgan fingerprint density at radius 1 is 0.456 bits per heavy atom. The molecule has 0 aromatic heterocycles. The van der Waals surface area contributed by atoms with Gasteiger partial charge in [0.1, 0.15) is 6.61 Å². The minimum atomic E-state index is -0.879. The maximum atomic E-state index is 12.8. The summed E-state index contributed by atoms with van der Waals surface area (Å²) in [7, 11) is 5.53. The third-order valence-electron chi connectivity index (χ3n) is 12.4. The molecule has 0 saturated heterocycles. The molecule has 0 spiro atoms. The fraction of sp³-hybridized carbons (Fsp3) is 0.750. The average molecular weight is 954 g/mol. The Balaban J connectivity index is 4.25. The van der Waals surface area contributed by atoms with E-state index in [2.05, 4.69) is 86.8 Å². The number of allylic oxidation sites excluding steroid dienone is 12. The number of carbonyl (C=O) groups is 3. The molecular weight excluding hydrogens is 847 g/mol. The lowest BCUT2D eigenvalue weighted by Crippen LogP contribution is -2.50. The summed E-state index contributed by atoms with van der Waals surface area (Å²) in [6.45, 7) is 4.62. The van der Waals surface area contributed by atoms with Gasteiger partial charge in [-0.3, -0.25) is 9.59 Å². The van der Waals surface area contributed by atoms with Gasteiger partial charge < -0.3 is 23.8 Å². The van der Waals surface area contributed by atoms with Crippen LogP contribution >= 0.6 is 0 Å². The molecule has 0 aliphatic rings. The highest BCUT2D eigenvalue weighted by Gasteiger charge is 2.31. The van der Waals surface area contributed by atoms with E-state index < -0.39 is 18.1 Å². The van der Waals surface area contributed by atoms with Gasteiger partial charge in [0.05, 0.1) is 34.4 Å². The minimum absolute atomic E-state index is 0.0494. The highest BCUT2D eigenvalue weighted by atomic mass is 16.6. The van der Waals surface area contributed by atoms with Gasteiger partial charge in [-0.1, -0.05) is 228 Å². The third kappa shape index (κ3) is 47.8. The first-order valence-electron chi connectivity index (χ1n) is 28.0. The lowest BCUT2D eigenvalue weighted by Gasteiger charge is -2.31. The fourth-order valence-corrected chi connectivity index (χ4v) is 8.10. The number of hydrogen-bond donors (Lipinski definition) is 1. The van der Waals surface area contributed by atoms with Crippen molar-refractivity contribution in [1.82, 2.24) is 0 Å². The zero-order chi connectivity index (χ0) is 49.9. The summed E-state index contributed by atoms with van der Waals surface area (Å²) in [5.74, 6) is -1.50. The zero-order valence-corrected chi connectivity index (χ0v) is 44.8. The second-order valence-corrected chi connectivity index (χ2v) is 19.8. The molecule has 0 aliphatic heterocycles. The topological polar surface area (TPSA) is 99.1 Å². The third-order valence-corrected chi connectivity index (χ3v) is 12.4. The summed E-state index contributed by atoms with van der Waals surface area (Å²) in [6, 6.07) is -0.623. The summed E-state index contributed by atoms with van der Waals surface area (Å²) in [5.41, 5.74) is 0. The van der Waals surface area contributed by atoms with Crippen LogP contribution in [0.25, 0.3) is 0 Å². The highest BCUT2D eigenvalue weighted by Crippen LogP contribution is 2.16.